The second kappa shape index (κ2) is 7.64. The molecular weight excluding hydrogens is 358 g/mol. The van der Waals surface area contributed by atoms with E-state index < -0.39 is 0 Å². The van der Waals surface area contributed by atoms with Crippen LogP contribution in [0.25, 0.3) is 0 Å². The SMILES string of the molecule is CCOc1ccc(C2=NNC(c3ccc(Cl)cc3)=Nc3ccccc32)cc1. The highest BCUT2D eigenvalue weighted by Crippen LogP contribution is 2.26. The summed E-state index contributed by atoms with van der Waals surface area (Å²) in [6, 6.07) is 23.4. The van der Waals surface area contributed by atoms with Crippen molar-refractivity contribution in [3.05, 3.63) is 94.5 Å². The number of para-hydroxylation sites is 1. The van der Waals surface area contributed by atoms with Gasteiger partial charge in [-0.1, -0.05) is 29.8 Å². The van der Waals surface area contributed by atoms with E-state index in [0.717, 1.165) is 33.8 Å². The number of benzene rings is 3. The van der Waals surface area contributed by atoms with Crippen LogP contribution in [0.1, 0.15) is 23.6 Å². The van der Waals surface area contributed by atoms with Crippen LogP contribution in [0.3, 0.4) is 0 Å². The summed E-state index contributed by atoms with van der Waals surface area (Å²) in [4.78, 5) is 4.78. The number of fused-ring (bicyclic) bond motifs is 1. The van der Waals surface area contributed by atoms with E-state index >= 15 is 0 Å². The van der Waals surface area contributed by atoms with Gasteiger partial charge in [0.1, 0.15) is 5.75 Å². The van der Waals surface area contributed by atoms with E-state index in [4.69, 9.17) is 21.3 Å². The first-order valence-corrected chi connectivity index (χ1v) is 9.13. The molecule has 0 amide bonds. The molecule has 5 heteroatoms. The maximum absolute atomic E-state index is 6.00. The Morgan fingerprint density at radius 2 is 1.59 bits per heavy atom. The molecule has 27 heavy (non-hydrogen) atoms. The number of ether oxygens (including phenoxy) is 1. The van der Waals surface area contributed by atoms with Gasteiger partial charge in [0, 0.05) is 21.7 Å². The number of hydrogen-bond donors (Lipinski definition) is 1. The van der Waals surface area contributed by atoms with Crippen molar-refractivity contribution in [2.75, 3.05) is 6.61 Å². The van der Waals surface area contributed by atoms with E-state index in [1.165, 1.54) is 0 Å². The largest absolute Gasteiger partial charge is 0.494 e. The van der Waals surface area contributed by atoms with Crippen LogP contribution in [0.2, 0.25) is 5.02 Å². The van der Waals surface area contributed by atoms with Crippen LogP contribution in [0, 0.1) is 0 Å². The minimum Gasteiger partial charge on any atom is -0.494 e. The average molecular weight is 376 g/mol. The summed E-state index contributed by atoms with van der Waals surface area (Å²) in [5.74, 6) is 1.52. The number of hydrazone groups is 1. The molecule has 4 rings (SSSR count). The second-order valence-corrected chi connectivity index (χ2v) is 6.45. The number of nitrogens with zero attached hydrogens (tertiary/aromatic N) is 2. The highest BCUT2D eigenvalue weighted by atomic mass is 35.5. The predicted octanol–water partition coefficient (Wildman–Crippen LogP) is 5.17. The van der Waals surface area contributed by atoms with Crippen molar-refractivity contribution in [2.45, 2.75) is 6.92 Å². The zero-order valence-corrected chi connectivity index (χ0v) is 15.6. The fraction of sp³-hybridized carbons (Fsp3) is 0.0909. The third-order valence-electron chi connectivity index (χ3n) is 4.22. The van der Waals surface area contributed by atoms with E-state index in [9.17, 15) is 0 Å². The van der Waals surface area contributed by atoms with Gasteiger partial charge in [-0.3, -0.25) is 5.43 Å². The molecule has 0 fully saturated rings. The molecule has 134 valence electrons. The lowest BCUT2D eigenvalue weighted by Gasteiger charge is -2.09. The van der Waals surface area contributed by atoms with Crippen LogP contribution in [0.4, 0.5) is 5.69 Å². The Kier molecular flexibility index (Phi) is 4.90. The van der Waals surface area contributed by atoms with Gasteiger partial charge in [0.15, 0.2) is 5.84 Å². The third kappa shape index (κ3) is 3.71. The quantitative estimate of drug-likeness (QED) is 0.683. The van der Waals surface area contributed by atoms with Gasteiger partial charge in [-0.05, 0) is 61.5 Å². The van der Waals surface area contributed by atoms with Crippen LogP contribution >= 0.6 is 11.6 Å². The lowest BCUT2D eigenvalue weighted by Crippen LogP contribution is -2.19. The Bertz CT molecular complexity index is 1010. The molecule has 0 radical (unpaired) electrons. The molecule has 1 N–H and O–H groups in total. The van der Waals surface area contributed by atoms with Gasteiger partial charge in [-0.2, -0.15) is 5.10 Å². The van der Waals surface area contributed by atoms with E-state index in [1.807, 2.05) is 79.7 Å². The molecule has 0 aliphatic carbocycles. The van der Waals surface area contributed by atoms with Crippen molar-refractivity contribution in [1.82, 2.24) is 5.43 Å². The molecule has 3 aromatic rings. The number of hydrogen-bond acceptors (Lipinski definition) is 4. The van der Waals surface area contributed by atoms with E-state index in [1.54, 1.807) is 0 Å². The number of nitrogens with one attached hydrogen (secondary N) is 1. The maximum atomic E-state index is 6.00. The van der Waals surface area contributed by atoms with Gasteiger partial charge in [0.25, 0.3) is 0 Å². The lowest BCUT2D eigenvalue weighted by atomic mass is 10.0. The monoisotopic (exact) mass is 375 g/mol. The van der Waals surface area contributed by atoms with E-state index in [0.29, 0.717) is 17.5 Å². The Morgan fingerprint density at radius 1 is 0.889 bits per heavy atom. The first-order valence-electron chi connectivity index (χ1n) is 8.75. The van der Waals surface area contributed by atoms with Gasteiger partial charge >= 0.3 is 0 Å². The Morgan fingerprint density at radius 3 is 2.33 bits per heavy atom. The van der Waals surface area contributed by atoms with Crippen molar-refractivity contribution < 1.29 is 4.74 Å². The normalized spacial score (nSPS) is 13.0. The summed E-state index contributed by atoms with van der Waals surface area (Å²) in [6.07, 6.45) is 0. The van der Waals surface area contributed by atoms with Gasteiger partial charge in [-0.15, -0.1) is 0 Å². The standard InChI is InChI=1S/C22H18ClN3O/c1-2-27-18-13-9-15(10-14-18)21-19-5-3-4-6-20(19)24-22(26-25-21)16-7-11-17(23)12-8-16/h3-14H,2H2,1H3,(H,24,26). The molecule has 1 heterocycles. The number of halogens is 1. The second-order valence-electron chi connectivity index (χ2n) is 6.01. The van der Waals surface area contributed by atoms with Crippen molar-refractivity contribution in [1.29, 1.82) is 0 Å². The fourth-order valence-corrected chi connectivity index (χ4v) is 3.04. The molecule has 3 aromatic carbocycles. The highest BCUT2D eigenvalue weighted by molar-refractivity contribution is 6.30. The van der Waals surface area contributed by atoms with Gasteiger partial charge < -0.3 is 4.74 Å². The molecule has 0 atom stereocenters. The molecule has 0 spiro atoms. The van der Waals surface area contributed by atoms with Gasteiger partial charge in [0.05, 0.1) is 18.0 Å². The van der Waals surface area contributed by atoms with Gasteiger partial charge in [-0.25, -0.2) is 4.99 Å². The molecule has 0 saturated carbocycles. The molecule has 0 aromatic heterocycles. The van der Waals surface area contributed by atoms with Crippen molar-refractivity contribution >= 4 is 28.8 Å². The first-order chi connectivity index (χ1) is 13.2. The molecule has 1 aliphatic rings. The van der Waals surface area contributed by atoms with Crippen LogP contribution in [0.5, 0.6) is 5.75 Å². The van der Waals surface area contributed by atoms with Crippen LogP contribution in [-0.4, -0.2) is 18.2 Å². The van der Waals surface area contributed by atoms with Crippen molar-refractivity contribution in [3.8, 4) is 5.75 Å². The van der Waals surface area contributed by atoms with Crippen molar-refractivity contribution in [2.24, 2.45) is 10.1 Å². The molecular formula is C22H18ClN3O. The summed E-state index contributed by atoms with van der Waals surface area (Å²) < 4.78 is 5.54. The number of rotatable bonds is 4. The highest BCUT2D eigenvalue weighted by Gasteiger charge is 2.16. The smallest absolute Gasteiger partial charge is 0.154 e. The summed E-state index contributed by atoms with van der Waals surface area (Å²) >= 11 is 6.00. The summed E-state index contributed by atoms with van der Waals surface area (Å²) in [7, 11) is 0. The average Bonchev–Trinajstić information content (AvgIpc) is 2.89. The zero-order chi connectivity index (χ0) is 18.6. The van der Waals surface area contributed by atoms with Crippen LogP contribution in [-0.2, 0) is 0 Å². The fourth-order valence-electron chi connectivity index (χ4n) is 2.92. The predicted molar refractivity (Wildman–Crippen MR) is 110 cm³/mol. The van der Waals surface area contributed by atoms with E-state index in [-0.39, 0.29) is 0 Å². The molecule has 1 aliphatic heterocycles. The van der Waals surface area contributed by atoms with E-state index in [2.05, 4.69) is 10.5 Å². The summed E-state index contributed by atoms with van der Waals surface area (Å²) in [5.41, 5.74) is 7.70. The summed E-state index contributed by atoms with van der Waals surface area (Å²) in [5, 5.41) is 5.34. The Labute approximate surface area is 163 Å². The Hall–Kier alpha value is -3.11. The topological polar surface area (TPSA) is 46.0 Å². The molecule has 0 saturated heterocycles. The molecule has 0 unspecified atom stereocenters. The minimum absolute atomic E-state index is 0.642. The molecule has 4 nitrogen and oxygen atoms in total. The maximum Gasteiger partial charge on any atom is 0.154 e. The van der Waals surface area contributed by atoms with Gasteiger partial charge in [0.2, 0.25) is 0 Å². The van der Waals surface area contributed by atoms with Crippen LogP contribution in [0.15, 0.2) is 82.9 Å². The third-order valence-corrected chi connectivity index (χ3v) is 4.47. The van der Waals surface area contributed by atoms with Crippen molar-refractivity contribution in [3.63, 3.8) is 0 Å². The summed E-state index contributed by atoms with van der Waals surface area (Å²) in [6.45, 7) is 2.61. The number of amidine groups is 1. The molecule has 0 bridgehead atoms. The van der Waals surface area contributed by atoms with Crippen LogP contribution < -0.4 is 10.2 Å². The Balaban J connectivity index is 1.76. The minimum atomic E-state index is 0.642. The lowest BCUT2D eigenvalue weighted by molar-refractivity contribution is 0.340. The number of aliphatic imine (C=N–C) groups is 1. The zero-order valence-electron chi connectivity index (χ0n) is 14.8. The first kappa shape index (κ1) is 17.3.